The summed E-state index contributed by atoms with van der Waals surface area (Å²) in [6, 6.07) is 21.1. The summed E-state index contributed by atoms with van der Waals surface area (Å²) >= 11 is 5.79. The third kappa shape index (κ3) is 4.84. The molecule has 3 aromatic rings. The first-order valence-corrected chi connectivity index (χ1v) is 8.84. The van der Waals surface area contributed by atoms with Gasteiger partial charge in [0.1, 0.15) is 17.4 Å². The van der Waals surface area contributed by atoms with E-state index in [2.05, 4.69) is 0 Å². The number of halogens is 1. The molecule has 3 rings (SSSR count). The first-order valence-electron chi connectivity index (χ1n) is 8.46. The van der Waals surface area contributed by atoms with Crippen LogP contribution in [0.5, 0.6) is 5.75 Å². The number of nitro benzene ring substituents is 1. The number of rotatable bonds is 7. The average Bonchev–Trinajstić information content (AvgIpc) is 2.72. The molecule has 3 aromatic carbocycles. The topological polar surface area (TPSA) is 69.4 Å². The maximum Gasteiger partial charge on any atom is 0.288 e. The molecule has 5 nitrogen and oxygen atoms in total. The van der Waals surface area contributed by atoms with E-state index in [9.17, 15) is 14.9 Å². The van der Waals surface area contributed by atoms with Crippen molar-refractivity contribution in [3.05, 3.63) is 111 Å². The van der Waals surface area contributed by atoms with Crippen LogP contribution in [0.2, 0.25) is 5.02 Å². The van der Waals surface area contributed by atoms with Gasteiger partial charge < -0.3 is 4.74 Å². The van der Waals surface area contributed by atoms with E-state index in [4.69, 9.17) is 16.3 Å². The van der Waals surface area contributed by atoms with Crippen LogP contribution in [0.15, 0.2) is 78.9 Å². The van der Waals surface area contributed by atoms with E-state index in [0.717, 1.165) is 11.1 Å². The number of carbonyl (C=O) groups excluding carboxylic acids is 1. The van der Waals surface area contributed by atoms with Crippen molar-refractivity contribution >= 4 is 29.1 Å². The molecule has 0 saturated carbocycles. The van der Waals surface area contributed by atoms with Crippen molar-refractivity contribution in [2.45, 2.75) is 6.61 Å². The number of ketones is 1. The molecule has 0 atom stereocenters. The van der Waals surface area contributed by atoms with Gasteiger partial charge in [0.2, 0.25) is 0 Å². The molecule has 0 radical (unpaired) electrons. The van der Waals surface area contributed by atoms with Crippen LogP contribution < -0.4 is 4.74 Å². The average molecular weight is 394 g/mol. The number of hydrogen-bond donors (Lipinski definition) is 0. The fourth-order valence-corrected chi connectivity index (χ4v) is 2.74. The van der Waals surface area contributed by atoms with Crippen LogP contribution >= 0.6 is 11.6 Å². The van der Waals surface area contributed by atoms with E-state index < -0.39 is 4.92 Å². The van der Waals surface area contributed by atoms with Crippen LogP contribution in [0.1, 0.15) is 21.5 Å². The van der Waals surface area contributed by atoms with Gasteiger partial charge in [-0.1, -0.05) is 60.1 Å². The molecule has 140 valence electrons. The zero-order valence-electron chi connectivity index (χ0n) is 14.7. The normalized spacial score (nSPS) is 10.8. The molecule has 0 aliphatic carbocycles. The number of nitro groups is 1. The van der Waals surface area contributed by atoms with Gasteiger partial charge in [-0.05, 0) is 35.9 Å². The third-order valence-electron chi connectivity index (χ3n) is 4.00. The SMILES string of the molecule is O=C(C=Cc1ccccc1OCc1ccccc1)c1ccc(Cl)c([N+](=O)[O-])c1. The van der Waals surface area contributed by atoms with E-state index in [-0.39, 0.29) is 22.1 Å². The second kappa shape index (κ2) is 8.97. The number of ether oxygens (including phenoxy) is 1. The molecule has 28 heavy (non-hydrogen) atoms. The second-order valence-corrected chi connectivity index (χ2v) is 6.34. The van der Waals surface area contributed by atoms with Gasteiger partial charge in [0.05, 0.1) is 4.92 Å². The summed E-state index contributed by atoms with van der Waals surface area (Å²) in [6.07, 6.45) is 2.99. The van der Waals surface area contributed by atoms with Gasteiger partial charge in [-0.25, -0.2) is 0 Å². The Morgan fingerprint density at radius 2 is 1.75 bits per heavy atom. The Bertz CT molecular complexity index is 1030. The Balaban J connectivity index is 1.76. The quantitative estimate of drug-likeness (QED) is 0.222. The highest BCUT2D eigenvalue weighted by Gasteiger charge is 2.15. The first-order chi connectivity index (χ1) is 13.5. The van der Waals surface area contributed by atoms with Crippen molar-refractivity contribution in [1.29, 1.82) is 0 Å². The summed E-state index contributed by atoms with van der Waals surface area (Å²) < 4.78 is 5.86. The minimum absolute atomic E-state index is 0.00909. The van der Waals surface area contributed by atoms with Gasteiger partial charge in [-0.15, -0.1) is 0 Å². The molecule has 0 fully saturated rings. The fourth-order valence-electron chi connectivity index (χ4n) is 2.55. The molecule has 0 amide bonds. The summed E-state index contributed by atoms with van der Waals surface area (Å²) in [5.41, 5.74) is 1.66. The fraction of sp³-hybridized carbons (Fsp3) is 0.0455. The second-order valence-electron chi connectivity index (χ2n) is 5.93. The Kier molecular flexibility index (Phi) is 6.19. The minimum Gasteiger partial charge on any atom is -0.488 e. The lowest BCUT2D eigenvalue weighted by molar-refractivity contribution is -0.384. The highest BCUT2D eigenvalue weighted by molar-refractivity contribution is 6.32. The number of allylic oxidation sites excluding steroid dienone is 1. The highest BCUT2D eigenvalue weighted by atomic mass is 35.5. The van der Waals surface area contributed by atoms with Crippen molar-refractivity contribution in [2.75, 3.05) is 0 Å². The zero-order valence-corrected chi connectivity index (χ0v) is 15.5. The molecule has 0 aliphatic heterocycles. The lowest BCUT2D eigenvalue weighted by Gasteiger charge is -2.09. The minimum atomic E-state index is -0.616. The summed E-state index contributed by atoms with van der Waals surface area (Å²) in [5.74, 6) is 0.273. The molecule has 6 heteroatoms. The predicted octanol–water partition coefficient (Wildman–Crippen LogP) is 5.72. The maximum atomic E-state index is 12.4. The molecule has 0 unspecified atom stereocenters. The van der Waals surface area contributed by atoms with Crippen molar-refractivity contribution in [3.63, 3.8) is 0 Å². The predicted molar refractivity (Wildman–Crippen MR) is 109 cm³/mol. The van der Waals surface area contributed by atoms with Gasteiger partial charge >= 0.3 is 0 Å². The maximum absolute atomic E-state index is 12.4. The molecule has 0 saturated heterocycles. The monoisotopic (exact) mass is 393 g/mol. The summed E-state index contributed by atoms with van der Waals surface area (Å²) in [6.45, 7) is 0.406. The molecule has 0 aliphatic rings. The number of nitrogens with zero attached hydrogens (tertiary/aromatic N) is 1. The Hall–Kier alpha value is -3.44. The number of hydrogen-bond acceptors (Lipinski definition) is 4. The van der Waals surface area contributed by atoms with E-state index in [0.29, 0.717) is 12.4 Å². The zero-order chi connectivity index (χ0) is 19.9. The molecular weight excluding hydrogens is 378 g/mol. The number of benzene rings is 3. The van der Waals surface area contributed by atoms with Crippen molar-refractivity contribution in [2.24, 2.45) is 0 Å². The van der Waals surface area contributed by atoms with Gasteiger partial charge in [0.25, 0.3) is 5.69 Å². The first kappa shape index (κ1) is 19.3. The van der Waals surface area contributed by atoms with Gasteiger partial charge in [0.15, 0.2) is 5.78 Å². The lowest BCUT2D eigenvalue weighted by atomic mass is 10.1. The summed E-state index contributed by atoms with van der Waals surface area (Å²) in [4.78, 5) is 22.8. The Labute approximate surface area is 167 Å². The third-order valence-corrected chi connectivity index (χ3v) is 4.32. The van der Waals surface area contributed by atoms with Gasteiger partial charge in [0, 0.05) is 17.2 Å². The van der Waals surface area contributed by atoms with Crippen LogP contribution in [-0.4, -0.2) is 10.7 Å². The van der Waals surface area contributed by atoms with Crippen LogP contribution in [0.4, 0.5) is 5.69 Å². The molecule has 0 bridgehead atoms. The van der Waals surface area contributed by atoms with Crippen molar-refractivity contribution in [1.82, 2.24) is 0 Å². The molecule has 0 spiro atoms. The lowest BCUT2D eigenvalue weighted by Crippen LogP contribution is -1.98. The molecule has 0 aromatic heterocycles. The van der Waals surface area contributed by atoms with Gasteiger partial charge in [-0.2, -0.15) is 0 Å². The van der Waals surface area contributed by atoms with E-state index in [1.807, 2.05) is 54.6 Å². The molecular formula is C22H16ClNO4. The Morgan fingerprint density at radius 3 is 2.50 bits per heavy atom. The largest absolute Gasteiger partial charge is 0.488 e. The summed E-state index contributed by atoms with van der Waals surface area (Å²) in [5, 5.41) is 11.0. The van der Waals surface area contributed by atoms with Crippen molar-refractivity contribution in [3.8, 4) is 5.75 Å². The number of carbonyl (C=O) groups is 1. The smallest absolute Gasteiger partial charge is 0.288 e. The van der Waals surface area contributed by atoms with Crippen molar-refractivity contribution < 1.29 is 14.5 Å². The number of para-hydroxylation sites is 1. The standard InChI is InChI=1S/C22H16ClNO4/c23-19-12-10-18(14-20(19)24(26)27)21(25)13-11-17-8-4-5-9-22(17)28-15-16-6-2-1-3-7-16/h1-14H,15H2. The van der Waals surface area contributed by atoms with E-state index in [1.165, 1.54) is 24.3 Å². The van der Waals surface area contributed by atoms with Crippen LogP contribution in [0.25, 0.3) is 6.08 Å². The van der Waals surface area contributed by atoms with Crippen LogP contribution in [0, 0.1) is 10.1 Å². The van der Waals surface area contributed by atoms with E-state index >= 15 is 0 Å². The van der Waals surface area contributed by atoms with Crippen LogP contribution in [0.3, 0.4) is 0 Å². The molecule has 0 heterocycles. The Morgan fingerprint density at radius 1 is 1.04 bits per heavy atom. The highest BCUT2D eigenvalue weighted by Crippen LogP contribution is 2.26. The van der Waals surface area contributed by atoms with E-state index in [1.54, 1.807) is 6.08 Å². The van der Waals surface area contributed by atoms with Gasteiger partial charge in [-0.3, -0.25) is 14.9 Å². The van der Waals surface area contributed by atoms with Crippen LogP contribution in [-0.2, 0) is 6.61 Å². The summed E-state index contributed by atoms with van der Waals surface area (Å²) in [7, 11) is 0. The molecule has 0 N–H and O–H groups in total.